The summed E-state index contributed by atoms with van der Waals surface area (Å²) in [5.74, 6) is 0. The molecular weight excluding hydrogens is 253 g/mol. The smallest absolute Gasteiger partial charge is 0.281 e. The fourth-order valence-corrected chi connectivity index (χ4v) is 1.39. The summed E-state index contributed by atoms with van der Waals surface area (Å²) < 4.78 is 24.4. The van der Waals surface area contributed by atoms with Gasteiger partial charge in [0.1, 0.15) is 5.69 Å². The van der Waals surface area contributed by atoms with Crippen molar-refractivity contribution < 1.29 is 8.78 Å². The number of halogens is 4. The van der Waals surface area contributed by atoms with Crippen molar-refractivity contribution in [2.45, 2.75) is 6.43 Å². The molecule has 12 heavy (non-hydrogen) atoms. The first-order valence-corrected chi connectivity index (χ1v) is 4.08. The Morgan fingerprint density at radius 1 is 1.58 bits per heavy atom. The number of anilines is 1. The molecule has 0 saturated carbocycles. The molecular formula is C6H4BrClF2N2. The highest BCUT2D eigenvalue weighted by Crippen LogP contribution is 2.33. The van der Waals surface area contributed by atoms with Crippen LogP contribution in [-0.4, -0.2) is 4.98 Å². The van der Waals surface area contributed by atoms with E-state index in [4.69, 9.17) is 17.3 Å². The van der Waals surface area contributed by atoms with Gasteiger partial charge in [0, 0.05) is 6.20 Å². The molecule has 1 rings (SSSR count). The van der Waals surface area contributed by atoms with Crippen molar-refractivity contribution in [3.63, 3.8) is 0 Å². The molecule has 0 aliphatic heterocycles. The molecule has 1 aromatic rings. The Morgan fingerprint density at radius 3 is 2.67 bits per heavy atom. The van der Waals surface area contributed by atoms with Gasteiger partial charge in [-0.2, -0.15) is 0 Å². The van der Waals surface area contributed by atoms with Crippen LogP contribution in [0, 0.1) is 0 Å². The van der Waals surface area contributed by atoms with Gasteiger partial charge in [-0.25, -0.2) is 8.78 Å². The lowest BCUT2D eigenvalue weighted by atomic mass is 10.3. The van der Waals surface area contributed by atoms with E-state index in [1.165, 1.54) is 0 Å². The third kappa shape index (κ3) is 1.67. The Hall–Kier alpha value is -0.420. The number of nitrogens with two attached hydrogens (primary N) is 1. The standard InChI is InChI=1S/C6H4BrClF2N2/c7-3-4(11)2(8)1-12-5(3)6(9)10/h1,6H,(H2,11,12). The van der Waals surface area contributed by atoms with Crippen molar-refractivity contribution in [3.05, 3.63) is 21.4 Å². The van der Waals surface area contributed by atoms with E-state index in [1.807, 2.05) is 0 Å². The molecule has 66 valence electrons. The second-order valence-electron chi connectivity index (χ2n) is 2.02. The number of nitrogens with zero attached hydrogens (tertiary/aromatic N) is 1. The van der Waals surface area contributed by atoms with Crippen LogP contribution >= 0.6 is 27.5 Å². The summed E-state index contributed by atoms with van der Waals surface area (Å²) >= 11 is 8.41. The second kappa shape index (κ2) is 3.53. The Bertz CT molecular complexity index is 306. The van der Waals surface area contributed by atoms with Crippen LogP contribution in [0.3, 0.4) is 0 Å². The summed E-state index contributed by atoms with van der Waals surface area (Å²) in [6, 6.07) is 0. The molecule has 2 N–H and O–H groups in total. The van der Waals surface area contributed by atoms with Gasteiger partial charge < -0.3 is 5.73 Å². The van der Waals surface area contributed by atoms with Gasteiger partial charge in [0.2, 0.25) is 0 Å². The minimum absolute atomic E-state index is 0.0602. The molecule has 0 bridgehead atoms. The zero-order chi connectivity index (χ0) is 9.30. The Balaban J connectivity index is 3.27. The van der Waals surface area contributed by atoms with E-state index < -0.39 is 12.1 Å². The summed E-state index contributed by atoms with van der Waals surface area (Å²) in [6.45, 7) is 0. The molecule has 1 aromatic heterocycles. The van der Waals surface area contributed by atoms with E-state index >= 15 is 0 Å². The van der Waals surface area contributed by atoms with E-state index in [0.717, 1.165) is 6.20 Å². The van der Waals surface area contributed by atoms with Crippen molar-refractivity contribution in [1.82, 2.24) is 4.98 Å². The Kier molecular flexibility index (Phi) is 2.85. The largest absolute Gasteiger partial charge is 0.397 e. The molecule has 0 aromatic carbocycles. The van der Waals surface area contributed by atoms with Crippen LogP contribution in [0.2, 0.25) is 5.02 Å². The summed E-state index contributed by atoms with van der Waals surface area (Å²) in [4.78, 5) is 3.43. The average Bonchev–Trinajstić information content (AvgIpc) is 2.00. The normalized spacial score (nSPS) is 10.8. The Labute approximate surface area is 80.9 Å². The fourth-order valence-electron chi connectivity index (χ4n) is 0.647. The lowest BCUT2D eigenvalue weighted by Gasteiger charge is -2.05. The van der Waals surface area contributed by atoms with Crippen molar-refractivity contribution in [3.8, 4) is 0 Å². The van der Waals surface area contributed by atoms with Gasteiger partial charge in [-0.3, -0.25) is 4.98 Å². The number of alkyl halides is 2. The monoisotopic (exact) mass is 256 g/mol. The third-order valence-electron chi connectivity index (χ3n) is 1.24. The van der Waals surface area contributed by atoms with E-state index in [1.54, 1.807) is 0 Å². The first-order chi connectivity index (χ1) is 5.54. The molecule has 2 nitrogen and oxygen atoms in total. The maximum absolute atomic E-state index is 12.1. The maximum Gasteiger partial charge on any atom is 0.281 e. The number of nitrogen functional groups attached to an aromatic ring is 1. The lowest BCUT2D eigenvalue weighted by molar-refractivity contribution is 0.145. The molecule has 0 aliphatic rings. The van der Waals surface area contributed by atoms with E-state index in [9.17, 15) is 8.78 Å². The summed E-state index contributed by atoms with van der Waals surface area (Å²) in [5.41, 5.74) is 5.06. The number of hydrogen-bond acceptors (Lipinski definition) is 2. The van der Waals surface area contributed by atoms with Crippen LogP contribution in [0.15, 0.2) is 10.7 Å². The van der Waals surface area contributed by atoms with Crippen molar-refractivity contribution in [1.29, 1.82) is 0 Å². The minimum Gasteiger partial charge on any atom is -0.397 e. The van der Waals surface area contributed by atoms with Gasteiger partial charge in [-0.1, -0.05) is 11.6 Å². The van der Waals surface area contributed by atoms with Crippen LogP contribution in [0.1, 0.15) is 12.1 Å². The second-order valence-corrected chi connectivity index (χ2v) is 3.22. The Morgan fingerprint density at radius 2 is 2.17 bits per heavy atom. The zero-order valence-corrected chi connectivity index (χ0v) is 8.03. The predicted octanol–water partition coefficient (Wildman–Crippen LogP) is 3.02. The fraction of sp³-hybridized carbons (Fsp3) is 0.167. The van der Waals surface area contributed by atoms with Gasteiger partial charge >= 0.3 is 0 Å². The SMILES string of the molecule is Nc1c(Cl)cnc(C(F)F)c1Br. The van der Waals surface area contributed by atoms with Crippen LogP contribution in [0.25, 0.3) is 0 Å². The molecule has 0 aliphatic carbocycles. The lowest BCUT2D eigenvalue weighted by Crippen LogP contribution is -1.97. The number of aromatic nitrogens is 1. The van der Waals surface area contributed by atoms with Crippen LogP contribution in [0.5, 0.6) is 0 Å². The molecule has 0 amide bonds. The van der Waals surface area contributed by atoms with E-state index in [2.05, 4.69) is 20.9 Å². The van der Waals surface area contributed by atoms with Crippen molar-refractivity contribution in [2.75, 3.05) is 5.73 Å². The third-order valence-corrected chi connectivity index (χ3v) is 2.38. The topological polar surface area (TPSA) is 38.9 Å². The van der Waals surface area contributed by atoms with Gasteiger partial charge in [0.15, 0.2) is 0 Å². The van der Waals surface area contributed by atoms with E-state index in [0.29, 0.717) is 0 Å². The van der Waals surface area contributed by atoms with Crippen LogP contribution in [-0.2, 0) is 0 Å². The number of rotatable bonds is 1. The van der Waals surface area contributed by atoms with Crippen molar-refractivity contribution >= 4 is 33.2 Å². The van der Waals surface area contributed by atoms with E-state index in [-0.39, 0.29) is 15.2 Å². The van der Waals surface area contributed by atoms with Gasteiger partial charge in [-0.15, -0.1) is 0 Å². The van der Waals surface area contributed by atoms with Crippen LogP contribution < -0.4 is 5.73 Å². The first kappa shape index (κ1) is 9.67. The minimum atomic E-state index is -2.65. The zero-order valence-electron chi connectivity index (χ0n) is 5.69. The average molecular weight is 257 g/mol. The molecule has 0 radical (unpaired) electrons. The highest BCUT2D eigenvalue weighted by Gasteiger charge is 2.16. The predicted molar refractivity (Wildman–Crippen MR) is 46.3 cm³/mol. The molecule has 6 heteroatoms. The molecule has 1 heterocycles. The quantitative estimate of drug-likeness (QED) is 0.840. The van der Waals surface area contributed by atoms with Crippen LogP contribution in [0.4, 0.5) is 14.5 Å². The first-order valence-electron chi connectivity index (χ1n) is 2.91. The van der Waals surface area contributed by atoms with Gasteiger partial charge in [-0.05, 0) is 15.9 Å². The van der Waals surface area contributed by atoms with Gasteiger partial charge in [0.25, 0.3) is 6.43 Å². The number of hydrogen-bond donors (Lipinski definition) is 1. The summed E-state index contributed by atoms with van der Waals surface area (Å²) in [7, 11) is 0. The number of pyridine rings is 1. The highest BCUT2D eigenvalue weighted by atomic mass is 79.9. The maximum atomic E-state index is 12.1. The molecule has 0 atom stereocenters. The molecule has 0 saturated heterocycles. The molecule has 0 spiro atoms. The van der Waals surface area contributed by atoms with Crippen molar-refractivity contribution in [2.24, 2.45) is 0 Å². The summed E-state index contributed by atoms with van der Waals surface area (Å²) in [5, 5.41) is 0.159. The van der Waals surface area contributed by atoms with Gasteiger partial charge in [0.05, 0.1) is 15.2 Å². The highest BCUT2D eigenvalue weighted by molar-refractivity contribution is 9.10. The molecule has 0 fully saturated rings. The summed E-state index contributed by atoms with van der Waals surface area (Å²) in [6.07, 6.45) is -1.55. The molecule has 0 unspecified atom stereocenters.